The van der Waals surface area contributed by atoms with Gasteiger partial charge in [0.15, 0.2) is 0 Å². The fraction of sp³-hybridized carbons (Fsp3) is 0.600. The number of phenols is 1. The molecule has 21 heavy (non-hydrogen) atoms. The molecule has 0 heterocycles. The van der Waals surface area contributed by atoms with Crippen molar-refractivity contribution in [3.8, 4) is 5.75 Å². The molecular formula is C15H27CaO4P. The van der Waals surface area contributed by atoms with Gasteiger partial charge < -0.3 is 14.5 Å². The van der Waals surface area contributed by atoms with Gasteiger partial charge in [0.05, 0.1) is 6.61 Å². The Bertz CT molecular complexity index is 480. The molecule has 0 aliphatic carbocycles. The Morgan fingerprint density at radius 1 is 1.05 bits per heavy atom. The second-order valence-electron chi connectivity index (χ2n) is 7.09. The summed E-state index contributed by atoms with van der Waals surface area (Å²) in [4.78, 5) is 8.80. The van der Waals surface area contributed by atoms with Crippen LogP contribution in [0.4, 0.5) is 0 Å². The molecule has 1 aromatic rings. The fourth-order valence-electron chi connectivity index (χ4n) is 2.07. The third-order valence-electron chi connectivity index (χ3n) is 3.15. The average Bonchev–Trinajstić information content (AvgIpc) is 2.24. The van der Waals surface area contributed by atoms with Crippen LogP contribution in [0.3, 0.4) is 0 Å². The molecule has 1 atom stereocenters. The Hall–Kier alpha value is 0.430. The van der Waals surface area contributed by atoms with Crippen LogP contribution in [0.15, 0.2) is 12.1 Å². The van der Waals surface area contributed by atoms with Crippen molar-refractivity contribution >= 4 is 46.0 Å². The van der Waals surface area contributed by atoms with Crippen LogP contribution in [0, 0.1) is 0 Å². The van der Waals surface area contributed by atoms with Crippen LogP contribution in [0.2, 0.25) is 0 Å². The summed E-state index contributed by atoms with van der Waals surface area (Å²) < 4.78 is 15.5. The van der Waals surface area contributed by atoms with Crippen LogP contribution in [0.1, 0.15) is 58.2 Å². The molecule has 0 radical (unpaired) electrons. The Morgan fingerprint density at radius 3 is 1.71 bits per heavy atom. The molecule has 2 N–H and O–H groups in total. The van der Waals surface area contributed by atoms with E-state index in [1.165, 1.54) is 0 Å². The first-order chi connectivity index (χ1) is 8.93. The maximum atomic E-state index is 10.7. The summed E-state index contributed by atoms with van der Waals surface area (Å²) in [6.45, 7) is 12.2. The SMILES string of the molecule is CC(C)(C)c1cc(CO[PH](=O)O)cc(C(C)(C)C)c1O.[CaH2]. The molecule has 0 bridgehead atoms. The monoisotopic (exact) mass is 342 g/mol. The first kappa shape index (κ1) is 21.4. The van der Waals surface area contributed by atoms with Crippen molar-refractivity contribution in [3.63, 3.8) is 0 Å². The number of phenolic OH excluding ortho intramolecular Hbond substituents is 1. The van der Waals surface area contributed by atoms with Gasteiger partial charge in [-0.1, -0.05) is 41.5 Å². The number of hydrogen-bond donors (Lipinski definition) is 2. The fourth-order valence-corrected chi connectivity index (χ4v) is 2.36. The van der Waals surface area contributed by atoms with Gasteiger partial charge in [0.25, 0.3) is 0 Å². The van der Waals surface area contributed by atoms with Crippen molar-refractivity contribution in [2.75, 3.05) is 0 Å². The minimum atomic E-state index is -2.95. The zero-order valence-electron chi connectivity index (χ0n) is 13.1. The van der Waals surface area contributed by atoms with Gasteiger partial charge in [-0.2, -0.15) is 0 Å². The second kappa shape index (κ2) is 7.81. The summed E-state index contributed by atoms with van der Waals surface area (Å²) in [6.07, 6.45) is 0. The van der Waals surface area contributed by atoms with Crippen LogP contribution in [0.25, 0.3) is 0 Å². The van der Waals surface area contributed by atoms with Gasteiger partial charge in [-0.3, -0.25) is 4.57 Å². The van der Waals surface area contributed by atoms with E-state index in [9.17, 15) is 9.67 Å². The molecule has 1 aromatic carbocycles. The molecule has 0 aliphatic heterocycles. The molecule has 0 aliphatic rings. The standard InChI is InChI=1S/C15H25O4P.Ca.2H/c1-14(2,3)11-7-10(9-19-20(17)18)8-12(13(11)16)15(4,5)6;;;/h7-8,16,20H,9H2,1-6H3,(H,17,18);;;. The van der Waals surface area contributed by atoms with Crippen molar-refractivity contribution in [2.24, 2.45) is 0 Å². The van der Waals surface area contributed by atoms with E-state index >= 15 is 0 Å². The van der Waals surface area contributed by atoms with E-state index in [4.69, 9.17) is 9.42 Å². The zero-order chi connectivity index (χ0) is 15.7. The molecule has 118 valence electrons. The third kappa shape index (κ3) is 6.21. The molecule has 6 heteroatoms. The zero-order valence-corrected chi connectivity index (χ0v) is 14.1. The summed E-state index contributed by atoms with van der Waals surface area (Å²) in [7, 11) is -2.95. The quantitative estimate of drug-likeness (QED) is 0.655. The van der Waals surface area contributed by atoms with E-state index in [2.05, 4.69) is 0 Å². The molecule has 0 aromatic heterocycles. The van der Waals surface area contributed by atoms with Crippen LogP contribution in [-0.2, 0) is 26.5 Å². The van der Waals surface area contributed by atoms with Crippen molar-refractivity contribution in [1.82, 2.24) is 0 Å². The summed E-state index contributed by atoms with van der Waals surface area (Å²) in [5, 5.41) is 10.5. The van der Waals surface area contributed by atoms with Crippen LogP contribution >= 0.6 is 8.25 Å². The Kier molecular flexibility index (Phi) is 7.97. The topological polar surface area (TPSA) is 66.8 Å². The van der Waals surface area contributed by atoms with Gasteiger partial charge in [0, 0.05) is 0 Å². The predicted octanol–water partition coefficient (Wildman–Crippen LogP) is 2.97. The molecule has 0 fully saturated rings. The van der Waals surface area contributed by atoms with Gasteiger partial charge in [-0.25, -0.2) is 0 Å². The molecule has 0 amide bonds. The summed E-state index contributed by atoms with van der Waals surface area (Å²) in [5.41, 5.74) is 2.00. The number of rotatable bonds is 3. The molecule has 1 rings (SSSR count). The molecule has 0 saturated carbocycles. The van der Waals surface area contributed by atoms with Crippen LogP contribution < -0.4 is 0 Å². The predicted molar refractivity (Wildman–Crippen MR) is 90.1 cm³/mol. The Labute approximate surface area is 157 Å². The van der Waals surface area contributed by atoms with E-state index in [0.29, 0.717) is 5.75 Å². The van der Waals surface area contributed by atoms with Gasteiger partial charge in [0.1, 0.15) is 5.75 Å². The van der Waals surface area contributed by atoms with E-state index < -0.39 is 8.25 Å². The first-order valence-corrected chi connectivity index (χ1v) is 7.92. The molecule has 4 nitrogen and oxygen atoms in total. The maximum absolute atomic E-state index is 10.7. The van der Waals surface area contributed by atoms with Gasteiger partial charge >= 0.3 is 46.0 Å². The molecular weight excluding hydrogens is 315 g/mol. The third-order valence-corrected chi connectivity index (χ3v) is 3.54. The van der Waals surface area contributed by atoms with Crippen molar-refractivity contribution in [2.45, 2.75) is 59.0 Å². The molecule has 1 unspecified atom stereocenters. The van der Waals surface area contributed by atoms with Crippen molar-refractivity contribution < 1.29 is 19.1 Å². The number of hydrogen-bond acceptors (Lipinski definition) is 3. The van der Waals surface area contributed by atoms with Crippen LogP contribution in [0.5, 0.6) is 5.75 Å². The van der Waals surface area contributed by atoms with E-state index in [0.717, 1.165) is 16.7 Å². The Morgan fingerprint density at radius 2 is 1.43 bits per heavy atom. The van der Waals surface area contributed by atoms with E-state index in [1.54, 1.807) is 0 Å². The van der Waals surface area contributed by atoms with E-state index in [1.807, 2.05) is 53.7 Å². The second-order valence-corrected chi connectivity index (χ2v) is 7.91. The number of benzene rings is 1. The normalized spacial score (nSPS) is 13.7. The van der Waals surface area contributed by atoms with Gasteiger partial charge in [-0.05, 0) is 39.7 Å². The molecule has 0 spiro atoms. The summed E-state index contributed by atoms with van der Waals surface area (Å²) >= 11 is 0. The van der Waals surface area contributed by atoms with Crippen molar-refractivity contribution in [1.29, 1.82) is 0 Å². The first-order valence-electron chi connectivity index (χ1n) is 6.65. The Balaban J connectivity index is 0.00000400. The minimum absolute atomic E-state index is 0. The average molecular weight is 342 g/mol. The number of aromatic hydroxyl groups is 1. The summed E-state index contributed by atoms with van der Waals surface area (Å²) in [6, 6.07) is 3.69. The van der Waals surface area contributed by atoms with E-state index in [-0.39, 0.29) is 55.2 Å². The molecule has 0 saturated heterocycles. The summed E-state index contributed by atoms with van der Waals surface area (Å²) in [5.74, 6) is 0.297. The van der Waals surface area contributed by atoms with Crippen molar-refractivity contribution in [3.05, 3.63) is 28.8 Å². The van der Waals surface area contributed by atoms with Gasteiger partial charge in [0.2, 0.25) is 0 Å². The van der Waals surface area contributed by atoms with Crippen LogP contribution in [-0.4, -0.2) is 47.7 Å². The van der Waals surface area contributed by atoms with Gasteiger partial charge in [-0.15, -0.1) is 0 Å².